The van der Waals surface area contributed by atoms with Crippen molar-refractivity contribution in [3.63, 3.8) is 0 Å². The van der Waals surface area contributed by atoms with Gasteiger partial charge in [0.1, 0.15) is 5.41 Å². The fourth-order valence-corrected chi connectivity index (χ4v) is 2.89. The van der Waals surface area contributed by atoms with Crippen molar-refractivity contribution in [2.24, 2.45) is 5.41 Å². The summed E-state index contributed by atoms with van der Waals surface area (Å²) in [4.78, 5) is 12.4. The summed E-state index contributed by atoms with van der Waals surface area (Å²) in [5.74, 6) is -0.301. The monoisotopic (exact) mass is 296 g/mol. The highest BCUT2D eigenvalue weighted by atomic mass is 35.5. The van der Waals surface area contributed by atoms with Crippen LogP contribution < -0.4 is 5.32 Å². The van der Waals surface area contributed by atoms with E-state index < -0.39 is 5.41 Å². The van der Waals surface area contributed by atoms with Crippen molar-refractivity contribution in [2.45, 2.75) is 32.1 Å². The molecule has 0 unspecified atom stereocenters. The van der Waals surface area contributed by atoms with Crippen molar-refractivity contribution in [3.8, 4) is 6.07 Å². The maximum absolute atomic E-state index is 12.4. The summed E-state index contributed by atoms with van der Waals surface area (Å²) in [6.07, 6.45) is 4.06. The van der Waals surface area contributed by atoms with Gasteiger partial charge in [0.05, 0.1) is 21.8 Å². The number of benzene rings is 1. The summed E-state index contributed by atoms with van der Waals surface area (Å²) in [6.45, 7) is 0. The summed E-state index contributed by atoms with van der Waals surface area (Å²) in [6, 6.07) is 7.20. The molecule has 1 aliphatic carbocycles. The van der Waals surface area contributed by atoms with E-state index in [0.717, 1.165) is 19.3 Å². The van der Waals surface area contributed by atoms with E-state index in [1.165, 1.54) is 0 Å². The van der Waals surface area contributed by atoms with Crippen LogP contribution in [0.2, 0.25) is 10.0 Å². The molecule has 1 amide bonds. The Balaban J connectivity index is 2.23. The largest absolute Gasteiger partial charge is 0.322 e. The van der Waals surface area contributed by atoms with Crippen LogP contribution in [0.4, 0.5) is 5.69 Å². The first-order valence-corrected chi connectivity index (χ1v) is 7.01. The molecule has 0 aromatic heterocycles. The SMILES string of the molecule is N#CC1(C(=O)Nc2c(Cl)cccc2Cl)CCCCC1. The molecule has 2 rings (SSSR count). The van der Waals surface area contributed by atoms with Gasteiger partial charge in [0.15, 0.2) is 0 Å². The van der Waals surface area contributed by atoms with Crippen LogP contribution in [-0.4, -0.2) is 5.91 Å². The Morgan fingerprint density at radius 2 is 1.79 bits per heavy atom. The number of hydrogen-bond donors (Lipinski definition) is 1. The van der Waals surface area contributed by atoms with Crippen molar-refractivity contribution in [2.75, 3.05) is 5.32 Å². The molecule has 1 aromatic carbocycles. The van der Waals surface area contributed by atoms with Gasteiger partial charge in [-0.2, -0.15) is 5.26 Å². The lowest BCUT2D eigenvalue weighted by atomic mass is 9.74. The van der Waals surface area contributed by atoms with Crippen LogP contribution in [0.3, 0.4) is 0 Å². The van der Waals surface area contributed by atoms with Crippen molar-refractivity contribution in [1.29, 1.82) is 5.26 Å². The van der Waals surface area contributed by atoms with Gasteiger partial charge in [-0.3, -0.25) is 4.79 Å². The molecule has 1 aromatic rings. The Morgan fingerprint density at radius 1 is 1.21 bits per heavy atom. The third kappa shape index (κ3) is 2.86. The summed E-state index contributed by atoms with van der Waals surface area (Å²) in [5, 5.41) is 12.8. The number of rotatable bonds is 2. The number of para-hydroxylation sites is 1. The number of hydrogen-bond acceptors (Lipinski definition) is 2. The number of amides is 1. The molecule has 0 heterocycles. The van der Waals surface area contributed by atoms with Gasteiger partial charge in [0, 0.05) is 0 Å². The maximum Gasteiger partial charge on any atom is 0.244 e. The molecule has 1 fully saturated rings. The van der Waals surface area contributed by atoms with Crippen LogP contribution >= 0.6 is 23.2 Å². The van der Waals surface area contributed by atoms with Crippen LogP contribution in [0, 0.1) is 16.7 Å². The fourth-order valence-electron chi connectivity index (χ4n) is 2.40. The molecule has 0 saturated heterocycles. The Hall–Kier alpha value is -1.24. The zero-order chi connectivity index (χ0) is 13.9. The smallest absolute Gasteiger partial charge is 0.244 e. The molecular weight excluding hydrogens is 283 g/mol. The average molecular weight is 297 g/mol. The standard InChI is InChI=1S/C14H14Cl2N2O/c15-10-5-4-6-11(16)12(10)18-13(19)14(9-17)7-2-1-3-8-14/h4-6H,1-3,7-8H2,(H,18,19). The highest BCUT2D eigenvalue weighted by Crippen LogP contribution is 2.38. The van der Waals surface area contributed by atoms with Crippen molar-refractivity contribution in [3.05, 3.63) is 28.2 Å². The highest BCUT2D eigenvalue weighted by Gasteiger charge is 2.40. The van der Waals surface area contributed by atoms with Crippen molar-refractivity contribution < 1.29 is 4.79 Å². The van der Waals surface area contributed by atoms with Gasteiger partial charge >= 0.3 is 0 Å². The molecule has 0 bridgehead atoms. The summed E-state index contributed by atoms with van der Waals surface area (Å²) < 4.78 is 0. The van der Waals surface area contributed by atoms with E-state index in [1.54, 1.807) is 18.2 Å². The van der Waals surface area contributed by atoms with E-state index in [9.17, 15) is 10.1 Å². The average Bonchev–Trinajstić information content (AvgIpc) is 2.43. The van der Waals surface area contributed by atoms with Crippen molar-refractivity contribution >= 4 is 34.8 Å². The first kappa shape index (κ1) is 14.2. The van der Waals surface area contributed by atoms with Gasteiger partial charge in [-0.05, 0) is 25.0 Å². The Labute approximate surface area is 122 Å². The molecule has 3 nitrogen and oxygen atoms in total. The number of anilines is 1. The van der Waals surface area contributed by atoms with Crippen LogP contribution in [0.25, 0.3) is 0 Å². The third-order valence-corrected chi connectivity index (χ3v) is 4.19. The first-order chi connectivity index (χ1) is 9.09. The zero-order valence-corrected chi connectivity index (χ0v) is 11.9. The fraction of sp³-hybridized carbons (Fsp3) is 0.429. The quantitative estimate of drug-likeness (QED) is 0.879. The topological polar surface area (TPSA) is 52.9 Å². The molecule has 0 aliphatic heterocycles. The van der Waals surface area contributed by atoms with Crippen LogP contribution in [-0.2, 0) is 4.79 Å². The van der Waals surface area contributed by atoms with E-state index in [-0.39, 0.29) is 5.91 Å². The molecule has 1 N–H and O–H groups in total. The minimum absolute atomic E-state index is 0.301. The predicted molar refractivity (Wildman–Crippen MR) is 76.2 cm³/mol. The van der Waals surface area contributed by atoms with Gasteiger partial charge in [-0.15, -0.1) is 0 Å². The minimum atomic E-state index is -0.944. The van der Waals surface area contributed by atoms with E-state index in [2.05, 4.69) is 11.4 Å². The number of carbonyl (C=O) groups is 1. The lowest BCUT2D eigenvalue weighted by Crippen LogP contribution is -2.36. The highest BCUT2D eigenvalue weighted by molar-refractivity contribution is 6.39. The predicted octanol–water partition coefficient (Wildman–Crippen LogP) is 4.41. The lowest BCUT2D eigenvalue weighted by Gasteiger charge is -2.29. The number of carbonyl (C=O) groups excluding carboxylic acids is 1. The van der Waals surface area contributed by atoms with E-state index >= 15 is 0 Å². The molecule has 0 spiro atoms. The van der Waals surface area contributed by atoms with Crippen LogP contribution in [0.15, 0.2) is 18.2 Å². The first-order valence-electron chi connectivity index (χ1n) is 6.26. The Morgan fingerprint density at radius 3 is 2.32 bits per heavy atom. The molecule has 1 aliphatic rings. The van der Waals surface area contributed by atoms with E-state index in [0.29, 0.717) is 28.6 Å². The van der Waals surface area contributed by atoms with E-state index in [1.807, 2.05) is 0 Å². The van der Waals surface area contributed by atoms with Gasteiger partial charge < -0.3 is 5.32 Å². The van der Waals surface area contributed by atoms with Crippen LogP contribution in [0.1, 0.15) is 32.1 Å². The minimum Gasteiger partial charge on any atom is -0.322 e. The van der Waals surface area contributed by atoms with Gasteiger partial charge in [0.25, 0.3) is 0 Å². The second kappa shape index (κ2) is 5.81. The van der Waals surface area contributed by atoms with Gasteiger partial charge in [-0.25, -0.2) is 0 Å². The second-order valence-corrected chi connectivity index (χ2v) is 5.62. The summed E-state index contributed by atoms with van der Waals surface area (Å²) >= 11 is 12.0. The molecule has 100 valence electrons. The van der Waals surface area contributed by atoms with Gasteiger partial charge in [0.2, 0.25) is 5.91 Å². The number of nitriles is 1. The molecule has 0 radical (unpaired) electrons. The molecule has 19 heavy (non-hydrogen) atoms. The molecule has 0 atom stereocenters. The summed E-state index contributed by atoms with van der Waals surface area (Å²) in [5.41, 5.74) is -0.558. The Kier molecular flexibility index (Phi) is 4.34. The number of nitrogens with zero attached hydrogens (tertiary/aromatic N) is 1. The van der Waals surface area contributed by atoms with E-state index in [4.69, 9.17) is 23.2 Å². The second-order valence-electron chi connectivity index (χ2n) is 4.81. The number of nitrogens with one attached hydrogen (secondary N) is 1. The summed E-state index contributed by atoms with van der Waals surface area (Å²) in [7, 11) is 0. The molecule has 1 saturated carbocycles. The van der Waals surface area contributed by atoms with Gasteiger partial charge in [-0.1, -0.05) is 48.5 Å². The molecule has 5 heteroatoms. The number of halogens is 2. The zero-order valence-electron chi connectivity index (χ0n) is 10.4. The molecular formula is C14H14Cl2N2O. The maximum atomic E-state index is 12.4. The third-order valence-electron chi connectivity index (χ3n) is 3.56. The van der Waals surface area contributed by atoms with Crippen LogP contribution in [0.5, 0.6) is 0 Å². The normalized spacial score (nSPS) is 17.5. The Bertz CT molecular complexity index is 510. The van der Waals surface area contributed by atoms with Crippen molar-refractivity contribution in [1.82, 2.24) is 0 Å². The lowest BCUT2D eigenvalue weighted by molar-refractivity contribution is -0.124.